The van der Waals surface area contributed by atoms with Crippen LogP contribution in [0.4, 0.5) is 22.0 Å². The average molecular weight is 390 g/mol. The van der Waals surface area contributed by atoms with E-state index >= 15 is 0 Å². The number of thioether (sulfide) groups is 1. The van der Waals surface area contributed by atoms with E-state index in [4.69, 9.17) is 5.73 Å². The zero-order valence-corrected chi connectivity index (χ0v) is 14.4. The number of nitrogens with two attached hydrogens (primary N) is 1. The molecule has 140 valence electrons. The lowest BCUT2D eigenvalue weighted by atomic mass is 10.00. The Morgan fingerprint density at radius 1 is 1.23 bits per heavy atom. The Morgan fingerprint density at radius 3 is 2.46 bits per heavy atom. The third-order valence-corrected chi connectivity index (χ3v) is 4.94. The summed E-state index contributed by atoms with van der Waals surface area (Å²) in [6.07, 6.45) is -1.88. The largest absolute Gasteiger partial charge is 0.364 e. The van der Waals surface area contributed by atoms with Gasteiger partial charge < -0.3 is 5.73 Å². The molecule has 0 aliphatic carbocycles. The zero-order chi connectivity index (χ0) is 19.4. The van der Waals surface area contributed by atoms with Crippen molar-refractivity contribution in [1.29, 1.82) is 0 Å². The van der Waals surface area contributed by atoms with E-state index in [9.17, 15) is 26.7 Å². The first-order valence-electron chi connectivity index (χ1n) is 7.51. The smallest absolute Gasteiger partial charge is 0.267 e. The number of hydrogen-bond donors (Lipinski definition) is 1. The van der Waals surface area contributed by atoms with Crippen LogP contribution in [0.5, 0.6) is 0 Å². The number of hydrogen-bond acceptors (Lipinski definition) is 3. The molecule has 0 aliphatic heterocycles. The number of primary amides is 1. The van der Waals surface area contributed by atoms with E-state index in [1.54, 1.807) is 6.92 Å². The Morgan fingerprint density at radius 2 is 1.88 bits per heavy atom. The topological polar surface area (TPSA) is 56.0 Å². The van der Waals surface area contributed by atoms with Crippen LogP contribution in [0, 0.1) is 24.4 Å². The predicted octanol–water partition coefficient (Wildman–Crippen LogP) is 4.38. The Bertz CT molecular complexity index is 816. The molecule has 0 aliphatic rings. The Hall–Kier alpha value is -2.16. The molecule has 1 unspecified atom stereocenters. The quantitative estimate of drug-likeness (QED) is 0.564. The van der Waals surface area contributed by atoms with Crippen LogP contribution in [0.25, 0.3) is 0 Å². The Balaban J connectivity index is 2.52. The fraction of sp³-hybridized carbons (Fsp3) is 0.294. The van der Waals surface area contributed by atoms with E-state index < -0.39 is 47.0 Å². The summed E-state index contributed by atoms with van der Waals surface area (Å²) in [7, 11) is 0. The van der Waals surface area contributed by atoms with Crippen molar-refractivity contribution in [1.82, 2.24) is 4.98 Å². The van der Waals surface area contributed by atoms with Crippen molar-refractivity contribution in [3.63, 3.8) is 0 Å². The van der Waals surface area contributed by atoms with Crippen molar-refractivity contribution in [2.45, 2.75) is 25.0 Å². The molecule has 1 aromatic heterocycles. The van der Waals surface area contributed by atoms with Gasteiger partial charge >= 0.3 is 0 Å². The molecule has 0 fully saturated rings. The minimum atomic E-state index is -2.58. The van der Waals surface area contributed by atoms with E-state index in [2.05, 4.69) is 4.98 Å². The van der Waals surface area contributed by atoms with E-state index in [1.807, 2.05) is 0 Å². The fourth-order valence-corrected chi connectivity index (χ4v) is 3.72. The number of halogens is 5. The molecule has 9 heteroatoms. The zero-order valence-electron chi connectivity index (χ0n) is 13.6. The van der Waals surface area contributed by atoms with E-state index in [0.717, 1.165) is 17.8 Å². The van der Waals surface area contributed by atoms with Gasteiger partial charge in [-0.05, 0) is 42.0 Å². The molecule has 0 saturated heterocycles. The second-order valence-corrected chi connectivity index (χ2v) is 6.69. The lowest BCUT2D eigenvalue weighted by molar-refractivity contribution is 0.0995. The van der Waals surface area contributed by atoms with Crippen molar-refractivity contribution in [3.8, 4) is 0 Å². The van der Waals surface area contributed by atoms with Crippen LogP contribution in [-0.4, -0.2) is 23.1 Å². The van der Waals surface area contributed by atoms with Gasteiger partial charge in [0.05, 0.1) is 5.25 Å². The van der Waals surface area contributed by atoms with Crippen LogP contribution in [-0.2, 0) is 0 Å². The highest BCUT2D eigenvalue weighted by Gasteiger charge is 2.27. The second kappa shape index (κ2) is 8.48. The first-order chi connectivity index (χ1) is 12.2. The summed E-state index contributed by atoms with van der Waals surface area (Å²) < 4.78 is 67.0. The summed E-state index contributed by atoms with van der Waals surface area (Å²) in [5.74, 6) is -4.55. The number of nitrogens with zero attached hydrogens (tertiary/aromatic N) is 1. The normalized spacial score (nSPS) is 12.4. The van der Waals surface area contributed by atoms with Crippen molar-refractivity contribution >= 4 is 17.7 Å². The summed E-state index contributed by atoms with van der Waals surface area (Å²) in [6, 6.07) is 2.75. The highest BCUT2D eigenvalue weighted by molar-refractivity contribution is 7.99. The molecule has 3 nitrogen and oxygen atoms in total. The summed E-state index contributed by atoms with van der Waals surface area (Å²) >= 11 is 0.839. The highest BCUT2D eigenvalue weighted by Crippen LogP contribution is 2.40. The number of aromatic nitrogens is 1. The minimum absolute atomic E-state index is 0.0530. The van der Waals surface area contributed by atoms with Crippen molar-refractivity contribution in [3.05, 3.63) is 64.2 Å². The van der Waals surface area contributed by atoms with E-state index in [1.165, 1.54) is 12.3 Å². The number of carbonyl (C=O) groups excluding carboxylic acids is 1. The number of aryl methyl sites for hydroxylation is 1. The minimum Gasteiger partial charge on any atom is -0.364 e. The van der Waals surface area contributed by atoms with Crippen molar-refractivity contribution in [2.75, 3.05) is 5.75 Å². The molecule has 0 radical (unpaired) electrons. The lowest BCUT2D eigenvalue weighted by Gasteiger charge is -2.21. The van der Waals surface area contributed by atoms with Gasteiger partial charge in [-0.25, -0.2) is 22.0 Å². The molecule has 1 aromatic carbocycles. The molecule has 0 spiro atoms. The maximum absolute atomic E-state index is 14.3. The van der Waals surface area contributed by atoms with Gasteiger partial charge in [0.1, 0.15) is 11.5 Å². The van der Waals surface area contributed by atoms with Crippen molar-refractivity contribution in [2.24, 2.45) is 5.73 Å². The molecule has 0 saturated carbocycles. The molecule has 2 aromatic rings. The van der Waals surface area contributed by atoms with Crippen LogP contribution >= 0.6 is 11.8 Å². The van der Waals surface area contributed by atoms with E-state index in [-0.39, 0.29) is 17.0 Å². The van der Waals surface area contributed by atoms with Gasteiger partial charge in [-0.3, -0.25) is 9.78 Å². The molecule has 1 atom stereocenters. The first-order valence-corrected chi connectivity index (χ1v) is 8.56. The molecule has 2 rings (SSSR count). The standard InChI is InChI=1S/C17H15F5N2OS/c1-8-6-12(17(23)25)24-7-9(8)16(26-5-4-13(20)21)14-10(18)2-3-11(19)15(14)22/h2-3,6-7,13,16H,4-5H2,1H3,(H2,23,25). The van der Waals surface area contributed by atoms with Gasteiger partial charge in [-0.2, -0.15) is 0 Å². The maximum atomic E-state index is 14.3. The first kappa shape index (κ1) is 20.2. The number of alkyl halides is 2. The molecule has 1 heterocycles. The molecule has 2 N–H and O–H groups in total. The fourth-order valence-electron chi connectivity index (χ4n) is 2.36. The van der Waals surface area contributed by atoms with Gasteiger partial charge in [-0.1, -0.05) is 0 Å². The van der Waals surface area contributed by atoms with Crippen LogP contribution in [0.15, 0.2) is 24.4 Å². The van der Waals surface area contributed by atoms with Gasteiger partial charge in [0.15, 0.2) is 11.6 Å². The maximum Gasteiger partial charge on any atom is 0.267 e. The molecule has 26 heavy (non-hydrogen) atoms. The third-order valence-electron chi connectivity index (χ3n) is 3.65. The van der Waals surface area contributed by atoms with Crippen LogP contribution in [0.2, 0.25) is 0 Å². The monoisotopic (exact) mass is 390 g/mol. The predicted molar refractivity (Wildman–Crippen MR) is 88.7 cm³/mol. The molecular weight excluding hydrogens is 375 g/mol. The van der Waals surface area contributed by atoms with E-state index in [0.29, 0.717) is 11.6 Å². The summed E-state index contributed by atoms with van der Waals surface area (Å²) in [4.78, 5) is 15.0. The summed E-state index contributed by atoms with van der Waals surface area (Å²) in [5.41, 5.74) is 5.20. The lowest BCUT2D eigenvalue weighted by Crippen LogP contribution is -2.15. The molecule has 1 amide bonds. The summed E-state index contributed by atoms with van der Waals surface area (Å²) in [5, 5.41) is -1.11. The number of rotatable bonds is 7. The average Bonchev–Trinajstić information content (AvgIpc) is 2.57. The number of carbonyl (C=O) groups is 1. The van der Waals surface area contributed by atoms with Crippen LogP contribution in [0.3, 0.4) is 0 Å². The Kier molecular flexibility index (Phi) is 6.57. The van der Waals surface area contributed by atoms with Gasteiger partial charge in [0.2, 0.25) is 6.43 Å². The Labute approximate surface area is 150 Å². The number of pyridine rings is 1. The molecular formula is C17H15F5N2OS. The highest BCUT2D eigenvalue weighted by atomic mass is 32.2. The van der Waals surface area contributed by atoms with Gasteiger partial charge in [-0.15, -0.1) is 11.8 Å². The molecule has 0 bridgehead atoms. The van der Waals surface area contributed by atoms with Gasteiger partial charge in [0.25, 0.3) is 5.91 Å². The number of benzene rings is 1. The number of amides is 1. The van der Waals surface area contributed by atoms with Crippen molar-refractivity contribution < 1.29 is 26.7 Å². The van der Waals surface area contributed by atoms with Gasteiger partial charge in [0, 0.05) is 18.2 Å². The summed E-state index contributed by atoms with van der Waals surface area (Å²) in [6.45, 7) is 1.55. The van der Waals surface area contributed by atoms with Crippen LogP contribution < -0.4 is 5.73 Å². The third kappa shape index (κ3) is 4.51. The SMILES string of the molecule is Cc1cc(C(N)=O)ncc1C(SCCC(F)F)c1c(F)ccc(F)c1F. The second-order valence-electron chi connectivity index (χ2n) is 5.48. The van der Waals surface area contributed by atoms with Crippen LogP contribution in [0.1, 0.15) is 38.8 Å².